The first-order chi connectivity index (χ1) is 5.40. The van der Waals surface area contributed by atoms with Gasteiger partial charge in [0, 0.05) is 0 Å². The van der Waals surface area contributed by atoms with E-state index >= 15 is 0 Å². The van der Waals surface area contributed by atoms with E-state index in [9.17, 15) is 0 Å². The Hall–Kier alpha value is 0. The second-order valence-corrected chi connectivity index (χ2v) is 5.42. The van der Waals surface area contributed by atoms with Crippen LogP contribution in [-0.4, -0.2) is 0 Å². The summed E-state index contributed by atoms with van der Waals surface area (Å²) in [4.78, 5) is 0. The number of rotatable bonds is 1. The third-order valence-corrected chi connectivity index (χ3v) is 4.87. The summed E-state index contributed by atoms with van der Waals surface area (Å²) < 4.78 is 0. The van der Waals surface area contributed by atoms with Crippen molar-refractivity contribution in [1.29, 1.82) is 0 Å². The van der Waals surface area contributed by atoms with Gasteiger partial charge in [-0.05, 0) is 35.5 Å². The first kappa shape index (κ1) is 10.1. The molecule has 1 aliphatic carbocycles. The lowest BCUT2D eigenvalue weighted by molar-refractivity contribution is 0.0990. The summed E-state index contributed by atoms with van der Waals surface area (Å²) >= 11 is 0. The van der Waals surface area contributed by atoms with Crippen LogP contribution in [0.5, 0.6) is 0 Å². The topological polar surface area (TPSA) is 0 Å². The van der Waals surface area contributed by atoms with Crippen LogP contribution in [0.4, 0.5) is 0 Å². The Labute approximate surface area is 77.7 Å². The zero-order valence-corrected chi connectivity index (χ0v) is 9.52. The molecule has 72 valence electrons. The average molecular weight is 168 g/mol. The second-order valence-electron chi connectivity index (χ2n) is 5.42. The molecule has 4 unspecified atom stereocenters. The zero-order valence-electron chi connectivity index (χ0n) is 9.52. The van der Waals surface area contributed by atoms with Crippen molar-refractivity contribution in [2.24, 2.45) is 29.1 Å². The molecule has 0 aromatic rings. The molecule has 4 atom stereocenters. The highest BCUT2D eigenvalue weighted by Crippen LogP contribution is 2.54. The van der Waals surface area contributed by atoms with Gasteiger partial charge >= 0.3 is 0 Å². The maximum Gasteiger partial charge on any atom is -0.0249 e. The molecule has 1 fully saturated rings. The van der Waals surface area contributed by atoms with E-state index in [0.717, 1.165) is 23.7 Å². The van der Waals surface area contributed by atoms with Crippen LogP contribution in [0, 0.1) is 29.1 Å². The van der Waals surface area contributed by atoms with Gasteiger partial charge in [0.15, 0.2) is 0 Å². The minimum atomic E-state index is 0.583. The SMILES string of the molecule is CC1CC(C)C(C)(C(C)C)C1C. The highest BCUT2D eigenvalue weighted by molar-refractivity contribution is 4.96. The van der Waals surface area contributed by atoms with Gasteiger partial charge in [-0.15, -0.1) is 0 Å². The maximum absolute atomic E-state index is 2.48. The Balaban J connectivity index is 2.88. The molecule has 12 heavy (non-hydrogen) atoms. The lowest BCUT2D eigenvalue weighted by Crippen LogP contribution is -2.32. The maximum atomic E-state index is 2.48. The molecular weight excluding hydrogens is 144 g/mol. The normalized spacial score (nSPS) is 48.8. The first-order valence-corrected chi connectivity index (χ1v) is 5.40. The molecule has 0 aliphatic heterocycles. The van der Waals surface area contributed by atoms with E-state index in [1.807, 2.05) is 0 Å². The van der Waals surface area contributed by atoms with Gasteiger partial charge in [0.25, 0.3) is 0 Å². The summed E-state index contributed by atoms with van der Waals surface area (Å²) in [6, 6.07) is 0. The van der Waals surface area contributed by atoms with Gasteiger partial charge in [-0.25, -0.2) is 0 Å². The zero-order chi connectivity index (χ0) is 9.52. The molecule has 0 aromatic carbocycles. The van der Waals surface area contributed by atoms with Crippen LogP contribution >= 0.6 is 0 Å². The molecule has 0 bridgehead atoms. The van der Waals surface area contributed by atoms with Crippen LogP contribution in [0.15, 0.2) is 0 Å². The fraction of sp³-hybridized carbons (Fsp3) is 1.00. The van der Waals surface area contributed by atoms with Crippen LogP contribution in [-0.2, 0) is 0 Å². The fourth-order valence-electron chi connectivity index (χ4n) is 3.17. The van der Waals surface area contributed by atoms with Crippen molar-refractivity contribution in [1.82, 2.24) is 0 Å². The van der Waals surface area contributed by atoms with Crippen molar-refractivity contribution in [2.75, 3.05) is 0 Å². The third kappa shape index (κ3) is 1.20. The summed E-state index contributed by atoms with van der Waals surface area (Å²) in [5, 5.41) is 0. The summed E-state index contributed by atoms with van der Waals surface area (Å²) in [5.41, 5.74) is 0.583. The minimum Gasteiger partial charge on any atom is -0.0622 e. The predicted molar refractivity (Wildman–Crippen MR) is 55.1 cm³/mol. The molecule has 0 N–H and O–H groups in total. The molecule has 0 aromatic heterocycles. The van der Waals surface area contributed by atoms with E-state index in [4.69, 9.17) is 0 Å². The monoisotopic (exact) mass is 168 g/mol. The molecule has 0 saturated heterocycles. The van der Waals surface area contributed by atoms with Gasteiger partial charge in [0.2, 0.25) is 0 Å². The average Bonchev–Trinajstić information content (AvgIpc) is 2.16. The Morgan fingerprint density at radius 2 is 1.67 bits per heavy atom. The number of hydrogen-bond acceptors (Lipinski definition) is 0. The lowest BCUT2D eigenvalue weighted by atomic mass is 9.66. The molecular formula is C12H24. The van der Waals surface area contributed by atoms with Crippen LogP contribution < -0.4 is 0 Å². The van der Waals surface area contributed by atoms with Crippen molar-refractivity contribution in [2.45, 2.75) is 48.0 Å². The van der Waals surface area contributed by atoms with Crippen molar-refractivity contribution in [3.63, 3.8) is 0 Å². The summed E-state index contributed by atoms with van der Waals surface area (Å²) in [5.74, 6) is 3.55. The number of hydrogen-bond donors (Lipinski definition) is 0. The van der Waals surface area contributed by atoms with Crippen molar-refractivity contribution in [3.05, 3.63) is 0 Å². The van der Waals surface area contributed by atoms with E-state index in [1.54, 1.807) is 0 Å². The molecule has 1 saturated carbocycles. The summed E-state index contributed by atoms with van der Waals surface area (Å²) in [6.45, 7) is 14.5. The second kappa shape index (κ2) is 3.05. The Morgan fingerprint density at radius 1 is 1.17 bits per heavy atom. The highest BCUT2D eigenvalue weighted by Gasteiger charge is 2.47. The largest absolute Gasteiger partial charge is 0.0622 e. The summed E-state index contributed by atoms with van der Waals surface area (Å²) in [6.07, 6.45) is 1.43. The Kier molecular flexibility index (Phi) is 2.56. The van der Waals surface area contributed by atoms with Crippen LogP contribution in [0.2, 0.25) is 0 Å². The van der Waals surface area contributed by atoms with Gasteiger partial charge in [-0.2, -0.15) is 0 Å². The molecule has 0 radical (unpaired) electrons. The van der Waals surface area contributed by atoms with Gasteiger partial charge in [0.1, 0.15) is 0 Å². The quantitative estimate of drug-likeness (QED) is 0.556. The van der Waals surface area contributed by atoms with Crippen LogP contribution in [0.1, 0.15) is 48.0 Å². The van der Waals surface area contributed by atoms with E-state index in [-0.39, 0.29) is 0 Å². The molecule has 1 rings (SSSR count). The van der Waals surface area contributed by atoms with Gasteiger partial charge in [-0.3, -0.25) is 0 Å². The first-order valence-electron chi connectivity index (χ1n) is 5.40. The standard InChI is InChI=1S/C12H24/c1-8(2)12(6)10(4)7-9(3)11(12)5/h8-11H,7H2,1-6H3. The molecule has 0 amide bonds. The van der Waals surface area contributed by atoms with E-state index < -0.39 is 0 Å². The van der Waals surface area contributed by atoms with Crippen molar-refractivity contribution in [3.8, 4) is 0 Å². The molecule has 0 heteroatoms. The smallest absolute Gasteiger partial charge is 0.0249 e. The Morgan fingerprint density at radius 3 is 1.83 bits per heavy atom. The van der Waals surface area contributed by atoms with Crippen molar-refractivity contribution >= 4 is 0 Å². The van der Waals surface area contributed by atoms with Crippen molar-refractivity contribution < 1.29 is 0 Å². The predicted octanol–water partition coefficient (Wildman–Crippen LogP) is 3.96. The Bertz CT molecular complexity index is 159. The van der Waals surface area contributed by atoms with E-state index in [1.165, 1.54) is 6.42 Å². The van der Waals surface area contributed by atoms with Gasteiger partial charge in [-0.1, -0.05) is 41.5 Å². The molecule has 1 aliphatic rings. The highest BCUT2D eigenvalue weighted by atomic mass is 14.5. The lowest BCUT2D eigenvalue weighted by Gasteiger charge is -2.38. The minimum absolute atomic E-state index is 0.583. The molecule has 0 nitrogen and oxygen atoms in total. The van der Waals surface area contributed by atoms with Crippen LogP contribution in [0.25, 0.3) is 0 Å². The van der Waals surface area contributed by atoms with Crippen LogP contribution in [0.3, 0.4) is 0 Å². The molecule has 0 spiro atoms. The van der Waals surface area contributed by atoms with E-state index in [0.29, 0.717) is 5.41 Å². The summed E-state index contributed by atoms with van der Waals surface area (Å²) in [7, 11) is 0. The van der Waals surface area contributed by atoms with Gasteiger partial charge < -0.3 is 0 Å². The molecule has 0 heterocycles. The van der Waals surface area contributed by atoms with Gasteiger partial charge in [0.05, 0.1) is 0 Å². The third-order valence-electron chi connectivity index (χ3n) is 4.87. The fourth-order valence-corrected chi connectivity index (χ4v) is 3.17. The van der Waals surface area contributed by atoms with E-state index in [2.05, 4.69) is 41.5 Å².